The number of nitrogens with zero attached hydrogens (tertiary/aromatic N) is 2. The molecule has 0 unspecified atom stereocenters. The highest BCUT2D eigenvalue weighted by Gasteiger charge is 2.10. The summed E-state index contributed by atoms with van der Waals surface area (Å²) in [5.74, 6) is 0.936. The maximum atomic E-state index is 12.3. The van der Waals surface area contributed by atoms with Crippen LogP contribution in [0.15, 0.2) is 53.9 Å². The monoisotopic (exact) mass is 439 g/mol. The zero-order valence-corrected chi connectivity index (χ0v) is 17.8. The van der Waals surface area contributed by atoms with E-state index in [-0.39, 0.29) is 11.6 Å². The summed E-state index contributed by atoms with van der Waals surface area (Å²) in [6, 6.07) is 11.5. The Bertz CT molecular complexity index is 1090. The summed E-state index contributed by atoms with van der Waals surface area (Å²) in [7, 11) is 1.57. The summed E-state index contributed by atoms with van der Waals surface area (Å²) >= 11 is 1.27. The van der Waals surface area contributed by atoms with E-state index in [9.17, 15) is 14.9 Å². The second-order valence-corrected chi connectivity index (χ2v) is 7.28. The van der Waals surface area contributed by atoms with Gasteiger partial charge < -0.3 is 9.47 Å². The van der Waals surface area contributed by atoms with E-state index in [1.807, 2.05) is 19.1 Å². The highest BCUT2D eigenvalue weighted by atomic mass is 32.1. The first-order valence-electron chi connectivity index (χ1n) is 9.50. The standard InChI is InChI=1S/C22H21N3O5S/c1-3-12-30-19-10-4-15(13-20(19)29-2)5-11-21(26)24-22-23-18(14-31-22)16-6-8-17(9-7-16)25(27)28/h4-11,13-14H,3,12H2,1-2H3,(H,23,24,26)/b11-5+. The first kappa shape index (κ1) is 22.0. The Morgan fingerprint density at radius 1 is 1.23 bits per heavy atom. The number of methoxy groups -OCH3 is 1. The number of amides is 1. The molecule has 0 aliphatic carbocycles. The first-order valence-corrected chi connectivity index (χ1v) is 10.4. The molecule has 0 radical (unpaired) electrons. The molecule has 0 spiro atoms. The SMILES string of the molecule is CCCOc1ccc(/C=C/C(=O)Nc2nc(-c3ccc([N+](=O)[O-])cc3)cs2)cc1OC. The normalized spacial score (nSPS) is 10.8. The van der Waals surface area contributed by atoms with Crippen LogP contribution < -0.4 is 14.8 Å². The number of thiazole rings is 1. The number of anilines is 1. The Labute approximate surface area is 183 Å². The molecule has 0 aliphatic heterocycles. The van der Waals surface area contributed by atoms with Gasteiger partial charge in [-0.2, -0.15) is 0 Å². The van der Waals surface area contributed by atoms with Crippen molar-refractivity contribution in [1.82, 2.24) is 4.98 Å². The van der Waals surface area contributed by atoms with E-state index in [1.165, 1.54) is 29.5 Å². The fourth-order valence-corrected chi connectivity index (χ4v) is 3.38. The average Bonchev–Trinajstić information content (AvgIpc) is 3.24. The van der Waals surface area contributed by atoms with E-state index in [4.69, 9.17) is 9.47 Å². The number of nitro groups is 1. The number of hydrogen-bond acceptors (Lipinski definition) is 7. The van der Waals surface area contributed by atoms with Crippen molar-refractivity contribution in [2.75, 3.05) is 19.0 Å². The van der Waals surface area contributed by atoms with Crippen LogP contribution in [0.2, 0.25) is 0 Å². The number of nitrogens with one attached hydrogen (secondary N) is 1. The molecule has 3 rings (SSSR count). The third kappa shape index (κ3) is 5.89. The van der Waals surface area contributed by atoms with Gasteiger partial charge in [-0.05, 0) is 42.3 Å². The fraction of sp³-hybridized carbons (Fsp3) is 0.182. The molecule has 160 valence electrons. The number of rotatable bonds is 9. The van der Waals surface area contributed by atoms with Crippen LogP contribution in [0.5, 0.6) is 11.5 Å². The van der Waals surface area contributed by atoms with Gasteiger partial charge in [0.15, 0.2) is 16.6 Å². The number of carbonyl (C=O) groups is 1. The van der Waals surface area contributed by atoms with Crippen LogP contribution in [0.25, 0.3) is 17.3 Å². The number of ether oxygens (including phenoxy) is 2. The van der Waals surface area contributed by atoms with Crippen molar-refractivity contribution in [3.05, 3.63) is 69.6 Å². The van der Waals surface area contributed by atoms with Crippen molar-refractivity contribution in [1.29, 1.82) is 0 Å². The van der Waals surface area contributed by atoms with Crippen LogP contribution in [-0.4, -0.2) is 29.5 Å². The molecule has 1 N–H and O–H groups in total. The number of non-ortho nitro benzene ring substituents is 1. The molecule has 1 amide bonds. The molecule has 0 aliphatic rings. The molecule has 1 aromatic heterocycles. The Hall–Kier alpha value is -3.72. The lowest BCUT2D eigenvalue weighted by Gasteiger charge is -2.10. The van der Waals surface area contributed by atoms with Crippen LogP contribution in [0.1, 0.15) is 18.9 Å². The minimum absolute atomic E-state index is 0.0132. The van der Waals surface area contributed by atoms with Gasteiger partial charge in [-0.15, -0.1) is 11.3 Å². The topological polar surface area (TPSA) is 104 Å². The van der Waals surface area contributed by atoms with Crippen LogP contribution in [0, 0.1) is 10.1 Å². The highest BCUT2D eigenvalue weighted by Crippen LogP contribution is 2.29. The predicted molar refractivity (Wildman–Crippen MR) is 121 cm³/mol. The van der Waals surface area contributed by atoms with Gasteiger partial charge in [-0.25, -0.2) is 4.98 Å². The number of benzene rings is 2. The Morgan fingerprint density at radius 3 is 2.68 bits per heavy atom. The van der Waals surface area contributed by atoms with Crippen LogP contribution >= 0.6 is 11.3 Å². The van der Waals surface area contributed by atoms with E-state index < -0.39 is 4.92 Å². The van der Waals surface area contributed by atoms with Crippen molar-refractivity contribution < 1.29 is 19.2 Å². The van der Waals surface area contributed by atoms with Crippen molar-refractivity contribution in [3.8, 4) is 22.8 Å². The van der Waals surface area contributed by atoms with Gasteiger partial charge in [0.2, 0.25) is 5.91 Å². The first-order chi connectivity index (χ1) is 15.0. The Morgan fingerprint density at radius 2 is 2.00 bits per heavy atom. The summed E-state index contributed by atoms with van der Waals surface area (Å²) in [4.78, 5) is 26.9. The smallest absolute Gasteiger partial charge is 0.269 e. The van der Waals surface area contributed by atoms with Crippen molar-refractivity contribution in [2.24, 2.45) is 0 Å². The van der Waals surface area contributed by atoms with Crippen LogP contribution in [0.4, 0.5) is 10.8 Å². The minimum Gasteiger partial charge on any atom is -0.493 e. The number of carbonyl (C=O) groups excluding carboxylic acids is 1. The third-order valence-electron chi connectivity index (χ3n) is 4.18. The molecule has 1 heterocycles. The molecule has 8 nitrogen and oxygen atoms in total. The lowest BCUT2D eigenvalue weighted by Crippen LogP contribution is -2.07. The maximum absolute atomic E-state index is 12.3. The van der Waals surface area contributed by atoms with Crippen LogP contribution in [-0.2, 0) is 4.79 Å². The second kappa shape index (κ2) is 10.4. The van der Waals surface area contributed by atoms with Gasteiger partial charge in [0.05, 0.1) is 24.3 Å². The second-order valence-electron chi connectivity index (χ2n) is 6.42. The number of hydrogen-bond donors (Lipinski definition) is 1. The minimum atomic E-state index is -0.454. The molecule has 3 aromatic rings. The highest BCUT2D eigenvalue weighted by molar-refractivity contribution is 7.14. The summed E-state index contributed by atoms with van der Waals surface area (Å²) in [5.41, 5.74) is 2.17. The van der Waals surface area contributed by atoms with E-state index in [2.05, 4.69) is 10.3 Å². The Balaban J connectivity index is 1.63. The average molecular weight is 439 g/mol. The molecule has 0 fully saturated rings. The van der Waals surface area contributed by atoms with Crippen LogP contribution in [0.3, 0.4) is 0 Å². The maximum Gasteiger partial charge on any atom is 0.269 e. The molecule has 0 saturated heterocycles. The molecular weight excluding hydrogens is 418 g/mol. The van der Waals surface area contributed by atoms with E-state index >= 15 is 0 Å². The van der Waals surface area contributed by atoms with Gasteiger partial charge >= 0.3 is 0 Å². The summed E-state index contributed by atoms with van der Waals surface area (Å²) in [6.45, 7) is 2.63. The Kier molecular flexibility index (Phi) is 7.34. The molecule has 0 atom stereocenters. The summed E-state index contributed by atoms with van der Waals surface area (Å²) < 4.78 is 11.0. The van der Waals surface area contributed by atoms with Gasteiger partial charge in [0.25, 0.3) is 5.69 Å². The summed E-state index contributed by atoms with van der Waals surface area (Å²) in [6.07, 6.45) is 3.98. The van der Waals surface area contributed by atoms with E-state index in [1.54, 1.807) is 36.8 Å². The molecular formula is C22H21N3O5S. The fourth-order valence-electron chi connectivity index (χ4n) is 2.66. The lowest BCUT2D eigenvalue weighted by atomic mass is 10.1. The molecule has 0 bridgehead atoms. The van der Waals surface area contributed by atoms with Gasteiger partial charge in [0, 0.05) is 29.2 Å². The molecule has 0 saturated carbocycles. The molecule has 2 aromatic carbocycles. The lowest BCUT2D eigenvalue weighted by molar-refractivity contribution is -0.384. The van der Waals surface area contributed by atoms with Gasteiger partial charge in [0.1, 0.15) is 0 Å². The van der Waals surface area contributed by atoms with E-state index in [0.29, 0.717) is 28.9 Å². The number of nitro benzene ring substituents is 1. The third-order valence-corrected chi connectivity index (χ3v) is 4.94. The predicted octanol–water partition coefficient (Wildman–Crippen LogP) is 5.17. The van der Waals surface area contributed by atoms with Gasteiger partial charge in [-0.1, -0.05) is 13.0 Å². The summed E-state index contributed by atoms with van der Waals surface area (Å²) in [5, 5.41) is 15.7. The van der Waals surface area contributed by atoms with Gasteiger partial charge in [-0.3, -0.25) is 20.2 Å². The molecule has 31 heavy (non-hydrogen) atoms. The van der Waals surface area contributed by atoms with E-state index in [0.717, 1.165) is 17.5 Å². The zero-order valence-electron chi connectivity index (χ0n) is 17.0. The van der Waals surface area contributed by atoms with Crippen molar-refractivity contribution in [2.45, 2.75) is 13.3 Å². The quantitative estimate of drug-likeness (QED) is 0.280. The molecule has 9 heteroatoms. The number of aromatic nitrogens is 1. The largest absolute Gasteiger partial charge is 0.493 e. The van der Waals surface area contributed by atoms with Crippen molar-refractivity contribution in [3.63, 3.8) is 0 Å². The van der Waals surface area contributed by atoms with Crippen molar-refractivity contribution >= 4 is 34.1 Å². The zero-order chi connectivity index (χ0) is 22.2.